The van der Waals surface area contributed by atoms with E-state index in [1.807, 2.05) is 4.68 Å². The number of hydrogen-bond acceptors (Lipinski definition) is 3. The standard InChI is InChI=1S/C13H18N4/c1-10(2)14-8-13-9-15-16-17(13)12-6-4-11(3)5-7-12/h4-7,9-10,14H,8H2,1-3H3. The number of benzene rings is 1. The van der Waals surface area contributed by atoms with Gasteiger partial charge in [-0.2, -0.15) is 0 Å². The molecule has 90 valence electrons. The predicted molar refractivity (Wildman–Crippen MR) is 68.1 cm³/mol. The van der Waals surface area contributed by atoms with Gasteiger partial charge in [-0.3, -0.25) is 0 Å². The molecule has 0 bridgehead atoms. The Hall–Kier alpha value is -1.68. The Bertz CT molecular complexity index is 470. The van der Waals surface area contributed by atoms with Crippen LogP contribution in [0.4, 0.5) is 0 Å². The van der Waals surface area contributed by atoms with E-state index in [1.54, 1.807) is 6.20 Å². The summed E-state index contributed by atoms with van der Waals surface area (Å²) in [5.41, 5.74) is 3.37. The molecule has 0 unspecified atom stereocenters. The second-order valence-corrected chi connectivity index (χ2v) is 4.51. The molecule has 2 aromatic rings. The Labute approximate surface area is 102 Å². The maximum absolute atomic E-state index is 4.12. The first-order valence-electron chi connectivity index (χ1n) is 5.87. The molecular formula is C13H18N4. The summed E-state index contributed by atoms with van der Waals surface area (Å²) in [6.45, 7) is 7.10. The van der Waals surface area contributed by atoms with Crippen molar-refractivity contribution >= 4 is 0 Å². The van der Waals surface area contributed by atoms with Gasteiger partial charge in [0.05, 0.1) is 17.6 Å². The number of nitrogens with zero attached hydrogens (tertiary/aromatic N) is 3. The fourth-order valence-electron chi connectivity index (χ4n) is 1.59. The smallest absolute Gasteiger partial charge is 0.0783 e. The van der Waals surface area contributed by atoms with Crippen molar-refractivity contribution in [2.45, 2.75) is 33.4 Å². The highest BCUT2D eigenvalue weighted by molar-refractivity contribution is 5.34. The van der Waals surface area contributed by atoms with E-state index in [-0.39, 0.29) is 0 Å². The minimum atomic E-state index is 0.455. The van der Waals surface area contributed by atoms with Crippen LogP contribution in [-0.4, -0.2) is 21.0 Å². The Balaban J connectivity index is 2.21. The molecule has 1 aromatic carbocycles. The lowest BCUT2D eigenvalue weighted by molar-refractivity contribution is 0.570. The van der Waals surface area contributed by atoms with Crippen LogP contribution in [0.5, 0.6) is 0 Å². The van der Waals surface area contributed by atoms with Crippen molar-refractivity contribution in [1.29, 1.82) is 0 Å². The number of nitrogens with one attached hydrogen (secondary N) is 1. The summed E-state index contributed by atoms with van der Waals surface area (Å²) in [4.78, 5) is 0. The van der Waals surface area contributed by atoms with Crippen molar-refractivity contribution in [2.75, 3.05) is 0 Å². The van der Waals surface area contributed by atoms with E-state index in [1.165, 1.54) is 5.56 Å². The number of rotatable bonds is 4. The van der Waals surface area contributed by atoms with Gasteiger partial charge in [0.15, 0.2) is 0 Å². The SMILES string of the molecule is Cc1ccc(-n2nncc2CNC(C)C)cc1. The van der Waals surface area contributed by atoms with Gasteiger partial charge in [0.2, 0.25) is 0 Å². The molecule has 0 aliphatic heterocycles. The molecule has 4 heteroatoms. The average molecular weight is 230 g/mol. The normalized spacial score (nSPS) is 11.1. The van der Waals surface area contributed by atoms with Crippen LogP contribution in [0.25, 0.3) is 5.69 Å². The van der Waals surface area contributed by atoms with E-state index in [9.17, 15) is 0 Å². The van der Waals surface area contributed by atoms with Crippen LogP contribution in [0.1, 0.15) is 25.1 Å². The predicted octanol–water partition coefficient (Wildman–Crippen LogP) is 2.07. The molecule has 1 heterocycles. The lowest BCUT2D eigenvalue weighted by Crippen LogP contribution is -2.23. The molecule has 4 nitrogen and oxygen atoms in total. The zero-order chi connectivity index (χ0) is 12.3. The molecule has 0 amide bonds. The first kappa shape index (κ1) is 11.8. The van der Waals surface area contributed by atoms with E-state index in [4.69, 9.17) is 0 Å². The van der Waals surface area contributed by atoms with Crippen molar-refractivity contribution in [2.24, 2.45) is 0 Å². The third-order valence-electron chi connectivity index (χ3n) is 2.59. The van der Waals surface area contributed by atoms with Crippen LogP contribution in [0.2, 0.25) is 0 Å². The fourth-order valence-corrected chi connectivity index (χ4v) is 1.59. The van der Waals surface area contributed by atoms with Gasteiger partial charge in [0.25, 0.3) is 0 Å². The van der Waals surface area contributed by atoms with Crippen LogP contribution in [-0.2, 0) is 6.54 Å². The van der Waals surface area contributed by atoms with Gasteiger partial charge in [-0.25, -0.2) is 4.68 Å². The summed E-state index contributed by atoms with van der Waals surface area (Å²) < 4.78 is 1.87. The number of aryl methyl sites for hydroxylation is 1. The Morgan fingerprint density at radius 2 is 1.94 bits per heavy atom. The van der Waals surface area contributed by atoms with Crippen LogP contribution >= 0.6 is 0 Å². The zero-order valence-corrected chi connectivity index (χ0v) is 10.5. The molecule has 1 aromatic heterocycles. The van der Waals surface area contributed by atoms with Crippen LogP contribution in [0.15, 0.2) is 30.5 Å². The largest absolute Gasteiger partial charge is 0.309 e. The van der Waals surface area contributed by atoms with Gasteiger partial charge in [-0.15, -0.1) is 5.10 Å². The Morgan fingerprint density at radius 3 is 2.59 bits per heavy atom. The zero-order valence-electron chi connectivity index (χ0n) is 10.5. The maximum atomic E-state index is 4.12. The maximum Gasteiger partial charge on any atom is 0.0783 e. The molecule has 0 atom stereocenters. The first-order chi connectivity index (χ1) is 8.16. The summed E-state index contributed by atoms with van der Waals surface area (Å²) in [6.07, 6.45) is 1.80. The third kappa shape index (κ3) is 2.91. The van der Waals surface area contributed by atoms with E-state index in [0.717, 1.165) is 17.9 Å². The van der Waals surface area contributed by atoms with Crippen molar-refractivity contribution < 1.29 is 0 Å². The molecule has 0 aliphatic carbocycles. The van der Waals surface area contributed by atoms with Crippen molar-refractivity contribution in [3.63, 3.8) is 0 Å². The second-order valence-electron chi connectivity index (χ2n) is 4.51. The van der Waals surface area contributed by atoms with Gasteiger partial charge in [-0.1, -0.05) is 36.8 Å². The van der Waals surface area contributed by atoms with Gasteiger partial charge in [0.1, 0.15) is 0 Å². The highest BCUT2D eigenvalue weighted by atomic mass is 15.4. The molecule has 2 rings (SSSR count). The molecule has 0 fully saturated rings. The summed E-state index contributed by atoms with van der Waals surface area (Å²) in [5.74, 6) is 0. The van der Waals surface area contributed by atoms with Gasteiger partial charge in [-0.05, 0) is 19.1 Å². The summed E-state index contributed by atoms with van der Waals surface area (Å²) in [7, 11) is 0. The summed E-state index contributed by atoms with van der Waals surface area (Å²) in [5, 5.41) is 11.5. The molecule has 0 radical (unpaired) electrons. The van der Waals surface area contributed by atoms with Crippen LogP contribution < -0.4 is 5.32 Å². The van der Waals surface area contributed by atoms with Crippen molar-refractivity contribution in [3.8, 4) is 5.69 Å². The molecule has 0 saturated carbocycles. The highest BCUT2D eigenvalue weighted by Crippen LogP contribution is 2.10. The van der Waals surface area contributed by atoms with Crippen molar-refractivity contribution in [1.82, 2.24) is 20.3 Å². The molecule has 17 heavy (non-hydrogen) atoms. The van der Waals surface area contributed by atoms with E-state index >= 15 is 0 Å². The van der Waals surface area contributed by atoms with Gasteiger partial charge >= 0.3 is 0 Å². The van der Waals surface area contributed by atoms with Crippen LogP contribution in [0, 0.1) is 6.92 Å². The van der Waals surface area contributed by atoms with E-state index in [0.29, 0.717) is 6.04 Å². The minimum absolute atomic E-state index is 0.455. The summed E-state index contributed by atoms with van der Waals surface area (Å²) >= 11 is 0. The highest BCUT2D eigenvalue weighted by Gasteiger charge is 2.06. The van der Waals surface area contributed by atoms with Crippen LogP contribution in [0.3, 0.4) is 0 Å². The number of aromatic nitrogens is 3. The first-order valence-corrected chi connectivity index (χ1v) is 5.87. The molecule has 0 saturated heterocycles. The summed E-state index contributed by atoms with van der Waals surface area (Å²) in [6, 6.07) is 8.73. The molecule has 0 spiro atoms. The third-order valence-corrected chi connectivity index (χ3v) is 2.59. The van der Waals surface area contributed by atoms with E-state index in [2.05, 4.69) is 60.7 Å². The van der Waals surface area contributed by atoms with Gasteiger partial charge < -0.3 is 5.32 Å². The minimum Gasteiger partial charge on any atom is -0.309 e. The molecule has 0 aliphatic rings. The fraction of sp³-hybridized carbons (Fsp3) is 0.385. The monoisotopic (exact) mass is 230 g/mol. The molecule has 1 N–H and O–H groups in total. The second kappa shape index (κ2) is 5.10. The van der Waals surface area contributed by atoms with Crippen molar-refractivity contribution in [3.05, 3.63) is 41.7 Å². The van der Waals surface area contributed by atoms with E-state index < -0.39 is 0 Å². The quantitative estimate of drug-likeness (QED) is 0.874. The van der Waals surface area contributed by atoms with Gasteiger partial charge in [0, 0.05) is 12.6 Å². The Morgan fingerprint density at radius 1 is 1.24 bits per heavy atom. The lowest BCUT2D eigenvalue weighted by atomic mass is 10.2. The average Bonchev–Trinajstić information content (AvgIpc) is 2.75. The lowest BCUT2D eigenvalue weighted by Gasteiger charge is -2.09. The molecular weight excluding hydrogens is 212 g/mol. The topological polar surface area (TPSA) is 42.7 Å². The number of hydrogen-bond donors (Lipinski definition) is 1. The Kier molecular flexibility index (Phi) is 3.54.